The van der Waals surface area contributed by atoms with Crippen LogP contribution in [0.15, 0.2) is 53.5 Å². The summed E-state index contributed by atoms with van der Waals surface area (Å²) >= 11 is 7.63. The van der Waals surface area contributed by atoms with Crippen LogP contribution in [0.5, 0.6) is 0 Å². The SMILES string of the molecule is C[C@H](N)CCCc1cc(Cl)c(F)c(-c2cc3cn(-c4ccc([C@@H]5CCC[C@@H](CCOC(=N)N)N5CCCSC(=N)N)cc4)c(=O)nc3[nH]2)c1. The highest BCUT2D eigenvalue weighted by molar-refractivity contribution is 8.13. The number of likely N-dealkylation sites (tertiary alicyclic amines) is 1. The number of aryl methyl sites for hydroxylation is 1. The number of hydrogen-bond acceptors (Lipinski definition) is 8. The summed E-state index contributed by atoms with van der Waals surface area (Å²) in [7, 11) is 0. The van der Waals surface area contributed by atoms with Gasteiger partial charge in [-0.15, -0.1) is 0 Å². The van der Waals surface area contributed by atoms with E-state index in [1.807, 2.05) is 19.1 Å². The number of fused-ring (bicyclic) bond motifs is 1. The average Bonchev–Trinajstić information content (AvgIpc) is 3.47. The van der Waals surface area contributed by atoms with E-state index >= 15 is 4.39 Å². The minimum Gasteiger partial charge on any atom is -0.466 e. The van der Waals surface area contributed by atoms with Gasteiger partial charge in [-0.05, 0) is 106 Å². The van der Waals surface area contributed by atoms with Crippen molar-refractivity contribution in [2.24, 2.45) is 17.2 Å². The number of aromatic nitrogens is 3. The summed E-state index contributed by atoms with van der Waals surface area (Å²) in [5, 5.41) is 15.8. The Morgan fingerprint density at radius 3 is 2.67 bits per heavy atom. The van der Waals surface area contributed by atoms with E-state index in [4.69, 9.17) is 44.4 Å². The Hall–Kier alpha value is -3.91. The number of benzene rings is 2. The molecule has 262 valence electrons. The normalized spacial score (nSPS) is 17.3. The van der Waals surface area contributed by atoms with E-state index in [0.717, 1.165) is 74.8 Å². The summed E-state index contributed by atoms with van der Waals surface area (Å²) in [5.41, 5.74) is 20.3. The molecular weight excluding hydrogens is 665 g/mol. The standard InChI is InChI=1S/C35H45ClFN9O2S/c1-21(38)5-2-6-22-17-27(31(37)28(36)18-22)29-19-24-20-46(35(47)44-32(24)43-29)26-11-9-23(10-12-26)30-8-3-7-25(13-15-48-33(39)40)45(30)14-4-16-49-34(41)42/h9-12,17-21,25,30H,2-8,13-16,38H2,1H3,(H3,39,40)(H3,41,42)(H,43,44,47)/t21-,25-,30-/m0/s1. The van der Waals surface area contributed by atoms with Gasteiger partial charge < -0.3 is 26.9 Å². The Balaban J connectivity index is 1.37. The predicted molar refractivity (Wildman–Crippen MR) is 197 cm³/mol. The van der Waals surface area contributed by atoms with Gasteiger partial charge in [-0.25, -0.2) is 9.18 Å². The molecule has 3 atom stereocenters. The van der Waals surface area contributed by atoms with Crippen LogP contribution >= 0.6 is 23.4 Å². The molecule has 1 saturated heterocycles. The lowest BCUT2D eigenvalue weighted by Crippen LogP contribution is -2.43. The van der Waals surface area contributed by atoms with Crippen LogP contribution in [0.25, 0.3) is 28.0 Å². The van der Waals surface area contributed by atoms with Gasteiger partial charge in [0.05, 0.1) is 23.0 Å². The topological polar surface area (TPSA) is 189 Å². The molecule has 49 heavy (non-hydrogen) atoms. The second-order valence-electron chi connectivity index (χ2n) is 12.7. The number of H-pyrrole nitrogens is 1. The van der Waals surface area contributed by atoms with Crippen LogP contribution in [0.1, 0.15) is 69.0 Å². The molecule has 2 aromatic heterocycles. The smallest absolute Gasteiger partial charge is 0.354 e. The first kappa shape index (κ1) is 36.4. The molecule has 1 fully saturated rings. The molecule has 0 saturated carbocycles. The second kappa shape index (κ2) is 16.7. The Kier molecular flexibility index (Phi) is 12.4. The third-order valence-electron chi connectivity index (χ3n) is 8.98. The van der Waals surface area contributed by atoms with Crippen LogP contribution in [0.4, 0.5) is 4.39 Å². The van der Waals surface area contributed by atoms with Crippen molar-refractivity contribution in [1.82, 2.24) is 19.4 Å². The Morgan fingerprint density at radius 1 is 1.18 bits per heavy atom. The van der Waals surface area contributed by atoms with Crippen LogP contribution in [0.2, 0.25) is 5.02 Å². The van der Waals surface area contributed by atoms with Gasteiger partial charge in [-0.1, -0.05) is 35.5 Å². The largest absolute Gasteiger partial charge is 0.466 e. The second-order valence-corrected chi connectivity index (χ2v) is 14.2. The first-order valence-electron chi connectivity index (χ1n) is 16.7. The molecule has 0 radical (unpaired) electrons. The minimum absolute atomic E-state index is 0.0433. The van der Waals surface area contributed by atoms with Crippen LogP contribution in [0, 0.1) is 16.6 Å². The summed E-state index contributed by atoms with van der Waals surface area (Å²) in [4.78, 5) is 23.1. The molecule has 14 heteroatoms. The minimum atomic E-state index is -0.530. The van der Waals surface area contributed by atoms with Gasteiger partial charge in [-0.3, -0.25) is 20.3 Å². The lowest BCUT2D eigenvalue weighted by atomic mass is 9.89. The summed E-state index contributed by atoms with van der Waals surface area (Å²) in [6.07, 6.45) is 8.83. The molecule has 1 aliphatic heterocycles. The monoisotopic (exact) mass is 709 g/mol. The molecule has 2 aromatic carbocycles. The number of hydrogen-bond donors (Lipinski definition) is 6. The van der Waals surface area contributed by atoms with Gasteiger partial charge in [0.2, 0.25) is 0 Å². The number of nitrogens with zero attached hydrogens (tertiary/aromatic N) is 3. The highest BCUT2D eigenvalue weighted by Crippen LogP contribution is 2.36. The molecule has 1 aliphatic rings. The predicted octanol–water partition coefficient (Wildman–Crippen LogP) is 6.06. The maximum absolute atomic E-state index is 15.2. The van der Waals surface area contributed by atoms with Crippen molar-refractivity contribution in [3.63, 3.8) is 0 Å². The van der Waals surface area contributed by atoms with E-state index in [1.165, 1.54) is 16.3 Å². The summed E-state index contributed by atoms with van der Waals surface area (Å²) in [5.74, 6) is 0.227. The number of amidine groups is 2. The van der Waals surface area contributed by atoms with Crippen molar-refractivity contribution in [2.45, 2.75) is 76.4 Å². The molecule has 0 aliphatic carbocycles. The first-order valence-corrected chi connectivity index (χ1v) is 18.0. The van der Waals surface area contributed by atoms with Gasteiger partial charge in [0, 0.05) is 41.0 Å². The quantitative estimate of drug-likeness (QED) is 0.0518. The fourth-order valence-electron chi connectivity index (χ4n) is 6.67. The Labute approximate surface area is 294 Å². The zero-order valence-electron chi connectivity index (χ0n) is 27.7. The zero-order valence-corrected chi connectivity index (χ0v) is 29.3. The number of nitrogens with one attached hydrogen (secondary N) is 3. The van der Waals surface area contributed by atoms with E-state index < -0.39 is 11.5 Å². The number of halogens is 2. The van der Waals surface area contributed by atoms with Crippen LogP contribution in [-0.2, 0) is 11.2 Å². The van der Waals surface area contributed by atoms with Crippen LogP contribution in [-0.4, -0.2) is 61.6 Å². The zero-order chi connectivity index (χ0) is 35.1. The molecule has 11 nitrogen and oxygen atoms in total. The van der Waals surface area contributed by atoms with E-state index in [0.29, 0.717) is 34.6 Å². The third kappa shape index (κ3) is 9.41. The fraction of sp³-hybridized carbons (Fsp3) is 0.429. The molecule has 0 bridgehead atoms. The lowest BCUT2D eigenvalue weighted by molar-refractivity contribution is 0.0664. The fourth-order valence-corrected chi connectivity index (χ4v) is 7.40. The van der Waals surface area contributed by atoms with Crippen molar-refractivity contribution in [1.29, 1.82) is 10.8 Å². The van der Waals surface area contributed by atoms with Crippen molar-refractivity contribution in [3.05, 3.63) is 81.1 Å². The van der Waals surface area contributed by atoms with Crippen molar-refractivity contribution in [3.8, 4) is 16.9 Å². The summed E-state index contributed by atoms with van der Waals surface area (Å²) in [6.45, 7) is 3.17. The van der Waals surface area contributed by atoms with Gasteiger partial charge in [0.25, 0.3) is 6.02 Å². The molecule has 9 N–H and O–H groups in total. The molecule has 5 rings (SSSR count). The van der Waals surface area contributed by atoms with E-state index in [-0.39, 0.29) is 34.3 Å². The van der Waals surface area contributed by atoms with Crippen LogP contribution in [0.3, 0.4) is 0 Å². The van der Waals surface area contributed by atoms with Gasteiger partial charge >= 0.3 is 5.69 Å². The Bertz CT molecular complexity index is 1830. The molecule has 4 aromatic rings. The first-order chi connectivity index (χ1) is 23.5. The number of ether oxygens (including phenoxy) is 1. The lowest BCUT2D eigenvalue weighted by Gasteiger charge is -2.42. The average molecular weight is 710 g/mol. The van der Waals surface area contributed by atoms with Crippen molar-refractivity contribution in [2.75, 3.05) is 18.9 Å². The van der Waals surface area contributed by atoms with Gasteiger partial charge in [0.15, 0.2) is 11.0 Å². The van der Waals surface area contributed by atoms with E-state index in [2.05, 4.69) is 27.0 Å². The number of aromatic amines is 1. The van der Waals surface area contributed by atoms with Gasteiger partial charge in [-0.2, -0.15) is 4.98 Å². The van der Waals surface area contributed by atoms with Crippen molar-refractivity contribution < 1.29 is 9.13 Å². The number of thioether (sulfide) groups is 1. The molecule has 0 amide bonds. The van der Waals surface area contributed by atoms with E-state index in [9.17, 15) is 4.79 Å². The maximum atomic E-state index is 15.2. The molecule has 0 unspecified atom stereocenters. The molecular formula is C35H45ClFN9O2S. The molecule has 3 heterocycles. The van der Waals surface area contributed by atoms with Crippen molar-refractivity contribution >= 4 is 45.6 Å². The summed E-state index contributed by atoms with van der Waals surface area (Å²) in [6, 6.07) is 13.4. The number of nitrogens with two attached hydrogens (primary N) is 3. The Morgan fingerprint density at radius 2 is 1.96 bits per heavy atom. The highest BCUT2D eigenvalue weighted by atomic mass is 35.5. The third-order valence-corrected chi connectivity index (χ3v) is 10.1. The number of rotatable bonds is 14. The maximum Gasteiger partial charge on any atom is 0.354 e. The summed E-state index contributed by atoms with van der Waals surface area (Å²) < 4.78 is 22.0. The number of piperidine rings is 1. The van der Waals surface area contributed by atoms with Gasteiger partial charge in [0.1, 0.15) is 5.65 Å². The van der Waals surface area contributed by atoms with Crippen LogP contribution < -0.4 is 22.9 Å². The van der Waals surface area contributed by atoms with E-state index in [1.54, 1.807) is 24.4 Å². The molecule has 0 spiro atoms. The highest BCUT2D eigenvalue weighted by Gasteiger charge is 2.31.